The molecule has 0 fully saturated rings. The lowest BCUT2D eigenvalue weighted by atomic mass is 9.61. The summed E-state index contributed by atoms with van der Waals surface area (Å²) in [5, 5.41) is 23.7. The van der Waals surface area contributed by atoms with Crippen molar-refractivity contribution in [2.45, 2.75) is 5.41 Å². The third kappa shape index (κ3) is 2.64. The number of furan rings is 1. The van der Waals surface area contributed by atoms with Crippen LogP contribution in [0, 0.1) is 0 Å². The zero-order valence-corrected chi connectivity index (χ0v) is 18.8. The van der Waals surface area contributed by atoms with Crippen LogP contribution in [0.3, 0.4) is 0 Å². The summed E-state index contributed by atoms with van der Waals surface area (Å²) in [5.41, 5.74) is 7.11. The first-order valence-corrected chi connectivity index (χ1v) is 11.8. The molecule has 0 saturated heterocycles. The molecule has 0 amide bonds. The maximum absolute atomic E-state index is 10.9. The summed E-state index contributed by atoms with van der Waals surface area (Å²) in [6.07, 6.45) is 0. The van der Waals surface area contributed by atoms with Gasteiger partial charge in [0, 0.05) is 16.2 Å². The fraction of sp³-hybridized carbons (Fsp3) is 0.0323. The van der Waals surface area contributed by atoms with Crippen molar-refractivity contribution in [3.8, 4) is 11.1 Å². The normalized spacial score (nSPS) is 13.7. The Morgan fingerprint density at radius 3 is 1.89 bits per heavy atom. The molecule has 166 valence electrons. The summed E-state index contributed by atoms with van der Waals surface area (Å²) < 4.78 is 6.31. The van der Waals surface area contributed by atoms with E-state index in [0.717, 1.165) is 49.7 Å². The van der Waals surface area contributed by atoms with Crippen LogP contribution in [-0.2, 0) is 5.41 Å². The van der Waals surface area contributed by atoms with Crippen LogP contribution >= 0.6 is 0 Å². The van der Waals surface area contributed by atoms with Crippen molar-refractivity contribution in [3.05, 3.63) is 138 Å². The molecule has 5 aromatic carbocycles. The third-order valence-corrected chi connectivity index (χ3v) is 7.37. The maximum atomic E-state index is 10.9. The van der Waals surface area contributed by atoms with Gasteiger partial charge in [0.2, 0.25) is 0 Å². The Labute approximate surface area is 203 Å². The van der Waals surface area contributed by atoms with Gasteiger partial charge in [0.1, 0.15) is 11.2 Å². The Morgan fingerprint density at radius 1 is 0.600 bits per heavy atom. The van der Waals surface area contributed by atoms with Gasteiger partial charge in [0.25, 0.3) is 0 Å². The van der Waals surface area contributed by atoms with Gasteiger partial charge in [0.05, 0.1) is 5.41 Å². The van der Waals surface area contributed by atoms with Gasteiger partial charge in [-0.05, 0) is 45.5 Å². The minimum atomic E-state index is -1.71. The molecule has 1 heterocycles. The molecule has 0 saturated carbocycles. The number of fused-ring (bicyclic) bond motifs is 6. The lowest BCUT2D eigenvalue weighted by molar-refractivity contribution is 0.425. The van der Waals surface area contributed by atoms with Crippen LogP contribution in [0.1, 0.15) is 22.3 Å². The van der Waals surface area contributed by atoms with Crippen molar-refractivity contribution in [3.63, 3.8) is 0 Å². The summed E-state index contributed by atoms with van der Waals surface area (Å²) in [4.78, 5) is 0. The average molecular weight is 452 g/mol. The van der Waals surface area contributed by atoms with Crippen LogP contribution in [0.25, 0.3) is 33.1 Å². The molecule has 0 bridgehead atoms. The lowest BCUT2D eigenvalue weighted by Crippen LogP contribution is -2.41. The highest BCUT2D eigenvalue weighted by Gasteiger charge is 2.49. The van der Waals surface area contributed by atoms with Crippen LogP contribution in [0.15, 0.2) is 120 Å². The molecule has 7 rings (SSSR count). The van der Waals surface area contributed by atoms with Gasteiger partial charge in [0.15, 0.2) is 0 Å². The molecule has 6 aromatic rings. The van der Waals surface area contributed by atoms with Crippen LogP contribution < -0.4 is 5.46 Å². The quantitative estimate of drug-likeness (QED) is 0.342. The molecule has 0 unspecified atom stereocenters. The molecule has 2 N–H and O–H groups in total. The molecule has 0 spiro atoms. The van der Waals surface area contributed by atoms with E-state index in [-0.39, 0.29) is 0 Å². The van der Waals surface area contributed by atoms with Crippen molar-refractivity contribution in [2.24, 2.45) is 0 Å². The largest absolute Gasteiger partial charge is 0.492 e. The van der Waals surface area contributed by atoms with Crippen LogP contribution in [0.4, 0.5) is 0 Å². The summed E-state index contributed by atoms with van der Waals surface area (Å²) in [5.74, 6) is 0. The first-order valence-electron chi connectivity index (χ1n) is 11.8. The standard InChI is InChI=1S/C31H21BO3/c33-32(34)29-28-24(19-25-23-16-8-10-18-27(23)35-30(25)29)22-15-7-9-17-26(22)31(28,20-11-3-1-4-12-20)21-13-5-2-6-14-21/h1-19,33-34H. The van der Waals surface area contributed by atoms with Crippen molar-refractivity contribution >= 4 is 34.5 Å². The third-order valence-electron chi connectivity index (χ3n) is 7.37. The van der Waals surface area contributed by atoms with E-state index in [1.54, 1.807) is 0 Å². The minimum Gasteiger partial charge on any atom is -0.456 e. The van der Waals surface area contributed by atoms with E-state index < -0.39 is 12.5 Å². The summed E-state index contributed by atoms with van der Waals surface area (Å²) in [7, 11) is -1.71. The number of hydrogen-bond acceptors (Lipinski definition) is 3. The number of rotatable bonds is 3. The van der Waals surface area contributed by atoms with E-state index in [1.165, 1.54) is 0 Å². The first kappa shape index (κ1) is 20.3. The van der Waals surface area contributed by atoms with Gasteiger partial charge >= 0.3 is 7.12 Å². The van der Waals surface area contributed by atoms with E-state index in [4.69, 9.17) is 4.42 Å². The van der Waals surface area contributed by atoms with Gasteiger partial charge in [-0.1, -0.05) is 103 Å². The topological polar surface area (TPSA) is 53.6 Å². The van der Waals surface area contributed by atoms with Gasteiger partial charge in [-0.3, -0.25) is 0 Å². The fourth-order valence-electron chi connectivity index (χ4n) is 6.07. The first-order chi connectivity index (χ1) is 17.2. The van der Waals surface area contributed by atoms with E-state index >= 15 is 0 Å². The highest BCUT2D eigenvalue weighted by atomic mass is 16.4. The van der Waals surface area contributed by atoms with E-state index in [9.17, 15) is 10.0 Å². The van der Waals surface area contributed by atoms with Crippen molar-refractivity contribution in [1.82, 2.24) is 0 Å². The second-order valence-corrected chi connectivity index (χ2v) is 9.09. The number of para-hydroxylation sites is 1. The minimum absolute atomic E-state index is 0.414. The van der Waals surface area contributed by atoms with Crippen molar-refractivity contribution < 1.29 is 14.5 Å². The molecular formula is C31H21BO3. The van der Waals surface area contributed by atoms with Gasteiger partial charge in [-0.25, -0.2) is 0 Å². The zero-order valence-electron chi connectivity index (χ0n) is 18.8. The van der Waals surface area contributed by atoms with E-state index in [1.807, 2.05) is 66.7 Å². The Morgan fingerprint density at radius 2 is 1.20 bits per heavy atom. The van der Waals surface area contributed by atoms with Gasteiger partial charge < -0.3 is 14.5 Å². The predicted molar refractivity (Wildman–Crippen MR) is 141 cm³/mol. The van der Waals surface area contributed by atoms with Crippen LogP contribution in [0.2, 0.25) is 0 Å². The van der Waals surface area contributed by atoms with E-state index in [0.29, 0.717) is 11.0 Å². The van der Waals surface area contributed by atoms with Gasteiger partial charge in [-0.2, -0.15) is 0 Å². The molecule has 1 aliphatic rings. The van der Waals surface area contributed by atoms with Crippen LogP contribution in [0.5, 0.6) is 0 Å². The summed E-state index contributed by atoms with van der Waals surface area (Å²) in [6, 6.07) is 39.0. The maximum Gasteiger partial charge on any atom is 0.492 e. The summed E-state index contributed by atoms with van der Waals surface area (Å²) >= 11 is 0. The second-order valence-electron chi connectivity index (χ2n) is 9.09. The van der Waals surface area contributed by atoms with E-state index in [2.05, 4.69) is 48.5 Å². The monoisotopic (exact) mass is 452 g/mol. The predicted octanol–water partition coefficient (Wildman–Crippen LogP) is 5.63. The fourth-order valence-corrected chi connectivity index (χ4v) is 6.07. The molecule has 1 aliphatic carbocycles. The molecule has 35 heavy (non-hydrogen) atoms. The summed E-state index contributed by atoms with van der Waals surface area (Å²) in [6.45, 7) is 0. The van der Waals surface area contributed by atoms with Crippen molar-refractivity contribution in [2.75, 3.05) is 0 Å². The Bertz CT molecular complexity index is 1680. The molecule has 0 aliphatic heterocycles. The molecule has 0 radical (unpaired) electrons. The average Bonchev–Trinajstić information content (AvgIpc) is 3.42. The highest BCUT2D eigenvalue weighted by molar-refractivity contribution is 6.63. The Hall–Kier alpha value is -4.12. The molecule has 0 atom stereocenters. The van der Waals surface area contributed by atoms with Gasteiger partial charge in [-0.15, -0.1) is 0 Å². The number of hydrogen-bond donors (Lipinski definition) is 2. The van der Waals surface area contributed by atoms with Crippen LogP contribution in [-0.4, -0.2) is 17.2 Å². The Balaban J connectivity index is 1.76. The smallest absolute Gasteiger partial charge is 0.456 e. The van der Waals surface area contributed by atoms with Crippen molar-refractivity contribution in [1.29, 1.82) is 0 Å². The number of benzene rings is 5. The second kappa shape index (κ2) is 7.44. The zero-order chi connectivity index (χ0) is 23.6. The lowest BCUT2D eigenvalue weighted by Gasteiger charge is -2.35. The molecule has 4 heteroatoms. The Kier molecular flexibility index (Phi) is 4.31. The highest BCUT2D eigenvalue weighted by Crippen LogP contribution is 2.56. The molecule has 1 aromatic heterocycles. The SMILES string of the molecule is OB(O)c1c2c(cc3c1oc1ccccc13)-c1ccccc1C2(c1ccccc1)c1ccccc1. The molecular weight excluding hydrogens is 431 g/mol. The molecule has 3 nitrogen and oxygen atoms in total.